The molecule has 2 N–H and O–H groups in total. The maximum atomic E-state index is 12.4. The second-order valence-corrected chi connectivity index (χ2v) is 9.98. The average molecular weight is 517 g/mol. The zero-order chi connectivity index (χ0) is 26.8. The van der Waals surface area contributed by atoms with Gasteiger partial charge in [-0.15, -0.1) is 0 Å². The molecule has 0 saturated carbocycles. The van der Waals surface area contributed by atoms with E-state index in [0.29, 0.717) is 0 Å². The van der Waals surface area contributed by atoms with Crippen LogP contribution < -0.4 is 10.2 Å². The summed E-state index contributed by atoms with van der Waals surface area (Å²) >= 11 is 0. The Kier molecular flexibility index (Phi) is 11.2. The lowest BCUT2D eigenvalue weighted by molar-refractivity contribution is -0.192. The SMILES string of the molecule is CCN(CC)c1ccc(NC(=O)CCS(=O)(=O)Cc2ccccc2C)c(C)c1.O=C(O)C(F)(F)F. The van der Waals surface area contributed by atoms with Gasteiger partial charge in [-0.05, 0) is 62.6 Å². The molecule has 1 amide bonds. The molecule has 0 aromatic heterocycles. The van der Waals surface area contributed by atoms with Gasteiger partial charge in [0, 0.05) is 30.9 Å². The van der Waals surface area contributed by atoms with Crippen molar-refractivity contribution in [1.82, 2.24) is 0 Å². The van der Waals surface area contributed by atoms with Gasteiger partial charge in [-0.3, -0.25) is 4.79 Å². The fourth-order valence-electron chi connectivity index (χ4n) is 3.12. The number of aryl methyl sites for hydroxylation is 2. The molecule has 0 heterocycles. The van der Waals surface area contributed by atoms with Gasteiger partial charge in [-0.25, -0.2) is 13.2 Å². The van der Waals surface area contributed by atoms with Crippen LogP contribution in [0.4, 0.5) is 24.5 Å². The zero-order valence-corrected chi connectivity index (χ0v) is 21.0. The van der Waals surface area contributed by atoms with E-state index in [1.54, 1.807) is 0 Å². The number of nitrogens with one attached hydrogen (secondary N) is 1. The maximum Gasteiger partial charge on any atom is 0.490 e. The van der Waals surface area contributed by atoms with E-state index in [2.05, 4.69) is 24.1 Å². The Morgan fingerprint density at radius 2 is 1.57 bits per heavy atom. The Morgan fingerprint density at radius 1 is 1.00 bits per heavy atom. The molecule has 194 valence electrons. The van der Waals surface area contributed by atoms with E-state index < -0.39 is 22.0 Å². The summed E-state index contributed by atoms with van der Waals surface area (Å²) in [5.74, 6) is -3.24. The smallest absolute Gasteiger partial charge is 0.475 e. The molecule has 0 bridgehead atoms. The molecule has 2 aromatic carbocycles. The molecule has 7 nitrogen and oxygen atoms in total. The fraction of sp³-hybridized carbons (Fsp3) is 0.417. The third-order valence-electron chi connectivity index (χ3n) is 5.13. The van der Waals surface area contributed by atoms with Gasteiger partial charge in [-0.2, -0.15) is 13.2 Å². The summed E-state index contributed by atoms with van der Waals surface area (Å²) in [7, 11) is -3.35. The Balaban J connectivity index is 0.000000762. The van der Waals surface area contributed by atoms with Crippen molar-refractivity contribution in [3.8, 4) is 0 Å². The quantitative estimate of drug-likeness (QED) is 0.500. The lowest BCUT2D eigenvalue weighted by atomic mass is 10.1. The van der Waals surface area contributed by atoms with E-state index in [9.17, 15) is 26.4 Å². The summed E-state index contributed by atoms with van der Waals surface area (Å²) in [6.45, 7) is 9.87. The molecule has 35 heavy (non-hydrogen) atoms. The topological polar surface area (TPSA) is 104 Å². The molecule has 0 spiro atoms. The van der Waals surface area contributed by atoms with Gasteiger partial charge in [-0.1, -0.05) is 24.3 Å². The number of amides is 1. The predicted molar refractivity (Wildman–Crippen MR) is 130 cm³/mol. The number of hydrogen-bond acceptors (Lipinski definition) is 5. The molecular weight excluding hydrogens is 485 g/mol. The minimum absolute atomic E-state index is 0.0372. The normalized spacial score (nSPS) is 11.3. The van der Waals surface area contributed by atoms with Crippen LogP contribution >= 0.6 is 0 Å². The Labute approximate surface area is 203 Å². The van der Waals surface area contributed by atoms with E-state index in [0.717, 1.165) is 41.2 Å². The minimum atomic E-state index is -5.08. The van der Waals surface area contributed by atoms with Crippen LogP contribution in [0.3, 0.4) is 0 Å². The first-order valence-corrected chi connectivity index (χ1v) is 12.7. The van der Waals surface area contributed by atoms with Gasteiger partial charge in [0.05, 0.1) is 11.5 Å². The van der Waals surface area contributed by atoms with Crippen LogP contribution in [0.2, 0.25) is 0 Å². The Morgan fingerprint density at radius 3 is 2.06 bits per heavy atom. The van der Waals surface area contributed by atoms with Crippen molar-refractivity contribution >= 4 is 33.1 Å². The number of carboxylic acids is 1. The number of anilines is 2. The second-order valence-electron chi connectivity index (χ2n) is 7.79. The molecule has 11 heteroatoms. The highest BCUT2D eigenvalue weighted by molar-refractivity contribution is 7.90. The summed E-state index contributed by atoms with van der Waals surface area (Å²) in [5, 5.41) is 9.96. The number of carbonyl (C=O) groups is 2. The number of aliphatic carboxylic acids is 1. The summed E-state index contributed by atoms with van der Waals surface area (Å²) in [6, 6.07) is 13.3. The van der Waals surface area contributed by atoms with Crippen LogP contribution in [-0.4, -0.2) is 50.4 Å². The van der Waals surface area contributed by atoms with Crippen molar-refractivity contribution in [3.63, 3.8) is 0 Å². The number of hydrogen-bond donors (Lipinski definition) is 2. The number of benzene rings is 2. The van der Waals surface area contributed by atoms with Crippen LogP contribution in [0.15, 0.2) is 42.5 Å². The summed E-state index contributed by atoms with van der Waals surface area (Å²) in [6.07, 6.45) is -5.13. The highest BCUT2D eigenvalue weighted by atomic mass is 32.2. The number of carbonyl (C=O) groups excluding carboxylic acids is 1. The first-order chi connectivity index (χ1) is 16.2. The molecule has 0 aliphatic heterocycles. The van der Waals surface area contributed by atoms with Gasteiger partial charge in [0.2, 0.25) is 5.91 Å². The van der Waals surface area contributed by atoms with Crippen molar-refractivity contribution < 1.29 is 36.3 Å². The third-order valence-corrected chi connectivity index (χ3v) is 6.71. The number of carboxylic acid groups (broad SMARTS) is 1. The number of sulfone groups is 1. The standard InChI is InChI=1S/C22H30N2O3S.C2HF3O2/c1-5-24(6-2)20-11-12-21(18(4)15-20)23-22(25)13-14-28(26,27)16-19-10-8-7-9-17(19)3;3-2(4,5)1(6)7/h7-12,15H,5-6,13-14,16H2,1-4H3,(H,23,25);(H,6,7). The number of alkyl halides is 3. The van der Waals surface area contributed by atoms with Crippen LogP contribution in [-0.2, 0) is 25.2 Å². The Bertz CT molecular complexity index is 1110. The predicted octanol–water partition coefficient (Wildman–Crippen LogP) is 4.73. The van der Waals surface area contributed by atoms with E-state index in [4.69, 9.17) is 9.90 Å². The molecular formula is C24H31F3N2O5S. The molecule has 0 fully saturated rings. The monoisotopic (exact) mass is 516 g/mol. The molecule has 0 saturated heterocycles. The van der Waals surface area contributed by atoms with Crippen molar-refractivity contribution in [2.45, 2.75) is 46.0 Å². The first kappa shape index (κ1) is 30.0. The Hall–Kier alpha value is -3.08. The first-order valence-electron chi connectivity index (χ1n) is 10.9. The van der Waals surface area contributed by atoms with E-state index in [1.165, 1.54) is 0 Å². The molecule has 2 rings (SSSR count). The van der Waals surface area contributed by atoms with Crippen LogP contribution in [0, 0.1) is 13.8 Å². The minimum Gasteiger partial charge on any atom is -0.475 e. The van der Waals surface area contributed by atoms with E-state index in [1.807, 2.05) is 56.3 Å². The second kappa shape index (κ2) is 13.1. The van der Waals surface area contributed by atoms with E-state index >= 15 is 0 Å². The largest absolute Gasteiger partial charge is 0.490 e. The summed E-state index contributed by atoms with van der Waals surface area (Å²) < 4.78 is 56.5. The van der Waals surface area contributed by atoms with Crippen molar-refractivity contribution in [2.24, 2.45) is 0 Å². The van der Waals surface area contributed by atoms with Crippen molar-refractivity contribution in [1.29, 1.82) is 0 Å². The molecule has 0 aliphatic carbocycles. The van der Waals surface area contributed by atoms with Crippen molar-refractivity contribution in [2.75, 3.05) is 29.1 Å². The van der Waals surface area contributed by atoms with E-state index in [-0.39, 0.29) is 23.8 Å². The summed E-state index contributed by atoms with van der Waals surface area (Å²) in [4.78, 5) is 23.4. The van der Waals surface area contributed by atoms with Gasteiger partial charge in [0.25, 0.3) is 0 Å². The highest BCUT2D eigenvalue weighted by Gasteiger charge is 2.38. The van der Waals surface area contributed by atoms with Crippen LogP contribution in [0.5, 0.6) is 0 Å². The fourth-order valence-corrected chi connectivity index (χ4v) is 4.55. The number of nitrogens with zero attached hydrogens (tertiary/aromatic N) is 1. The van der Waals surface area contributed by atoms with Crippen LogP contribution in [0.1, 0.15) is 37.0 Å². The lowest BCUT2D eigenvalue weighted by Gasteiger charge is -2.22. The summed E-state index contributed by atoms with van der Waals surface area (Å²) in [5.41, 5.74) is 4.52. The number of halogens is 3. The molecule has 0 atom stereocenters. The number of rotatable bonds is 9. The third kappa shape index (κ3) is 10.4. The molecule has 2 aromatic rings. The lowest BCUT2D eigenvalue weighted by Crippen LogP contribution is -2.22. The van der Waals surface area contributed by atoms with Gasteiger partial charge < -0.3 is 15.3 Å². The average Bonchev–Trinajstić information content (AvgIpc) is 2.76. The zero-order valence-electron chi connectivity index (χ0n) is 20.1. The van der Waals surface area contributed by atoms with Gasteiger partial charge in [0.1, 0.15) is 0 Å². The molecule has 0 radical (unpaired) electrons. The van der Waals surface area contributed by atoms with Crippen LogP contribution in [0.25, 0.3) is 0 Å². The highest BCUT2D eigenvalue weighted by Crippen LogP contribution is 2.23. The van der Waals surface area contributed by atoms with Gasteiger partial charge >= 0.3 is 12.1 Å². The van der Waals surface area contributed by atoms with Gasteiger partial charge in [0.15, 0.2) is 9.84 Å². The molecule has 0 aliphatic rings. The van der Waals surface area contributed by atoms with Crippen molar-refractivity contribution in [3.05, 3.63) is 59.2 Å². The maximum absolute atomic E-state index is 12.4. The molecule has 0 unspecified atom stereocenters.